The van der Waals surface area contributed by atoms with Crippen LogP contribution < -0.4 is 9.46 Å². The fourth-order valence-corrected chi connectivity index (χ4v) is 5.89. The molecule has 0 radical (unpaired) electrons. The molecule has 1 aromatic carbocycles. The lowest BCUT2D eigenvalue weighted by Gasteiger charge is -2.35. The number of fused-ring (bicyclic) bond motifs is 1. The minimum atomic E-state index is -3.74. The maximum absolute atomic E-state index is 13.2. The third-order valence-electron chi connectivity index (χ3n) is 6.12. The van der Waals surface area contributed by atoms with E-state index >= 15 is 0 Å². The average molecular weight is 419 g/mol. The highest BCUT2D eigenvalue weighted by Gasteiger charge is 2.43. The molecule has 156 valence electrons. The van der Waals surface area contributed by atoms with Crippen LogP contribution in [-0.2, 0) is 14.8 Å². The van der Waals surface area contributed by atoms with Crippen molar-refractivity contribution >= 4 is 10.0 Å². The van der Waals surface area contributed by atoms with E-state index < -0.39 is 10.0 Å². The van der Waals surface area contributed by atoms with Crippen LogP contribution in [0.25, 0.3) is 5.69 Å². The second-order valence-electron chi connectivity index (χ2n) is 8.16. The zero-order chi connectivity index (χ0) is 20.0. The molecule has 2 saturated heterocycles. The zero-order valence-electron chi connectivity index (χ0n) is 16.4. The highest BCUT2D eigenvalue weighted by molar-refractivity contribution is 7.89. The summed E-state index contributed by atoms with van der Waals surface area (Å²) in [5.74, 6) is 1.02. The normalized spacial score (nSPS) is 27.7. The molecule has 2 aliphatic heterocycles. The van der Waals surface area contributed by atoms with Crippen LogP contribution in [0, 0.1) is 5.92 Å². The van der Waals surface area contributed by atoms with E-state index in [2.05, 4.69) is 14.7 Å². The SMILES string of the molecule is COc1ccc(-n2cccn2)cc1S(=O)(=O)N[C@@H]1C[C@H]2CO[C@@H](C3CC3)CN2C1. The Morgan fingerprint density at radius 3 is 2.86 bits per heavy atom. The molecule has 2 aromatic rings. The van der Waals surface area contributed by atoms with Gasteiger partial charge < -0.3 is 9.47 Å². The van der Waals surface area contributed by atoms with E-state index in [0.29, 0.717) is 30.1 Å². The van der Waals surface area contributed by atoms with Crippen LogP contribution in [0.15, 0.2) is 41.6 Å². The molecule has 9 heteroatoms. The van der Waals surface area contributed by atoms with Crippen LogP contribution in [0.2, 0.25) is 0 Å². The summed E-state index contributed by atoms with van der Waals surface area (Å²) in [7, 11) is -2.26. The van der Waals surface area contributed by atoms with E-state index in [1.165, 1.54) is 20.0 Å². The standard InChI is InChI=1S/C20H26N4O4S/c1-27-18-6-5-16(24-8-2-7-21-24)10-20(18)29(25,26)22-15-9-17-13-28-19(14-3-4-14)12-23(17)11-15/h2,5-8,10,14-15,17,19,22H,3-4,9,11-13H2,1H3/t15-,17+,19-/m1/s1. The number of hydrogen-bond donors (Lipinski definition) is 1. The van der Waals surface area contributed by atoms with Crippen LogP contribution in [-0.4, -0.2) is 68.1 Å². The molecular weight excluding hydrogens is 392 g/mol. The Hall–Kier alpha value is -1.94. The monoisotopic (exact) mass is 418 g/mol. The second-order valence-corrected chi connectivity index (χ2v) is 9.84. The summed E-state index contributed by atoms with van der Waals surface area (Å²) in [6, 6.07) is 7.00. The quantitative estimate of drug-likeness (QED) is 0.764. The maximum atomic E-state index is 13.2. The van der Waals surface area contributed by atoms with Gasteiger partial charge in [-0.25, -0.2) is 17.8 Å². The summed E-state index contributed by atoms with van der Waals surface area (Å²) in [5.41, 5.74) is 0.667. The Labute approximate surface area is 170 Å². The number of nitrogens with zero attached hydrogens (tertiary/aromatic N) is 3. The van der Waals surface area contributed by atoms with Crippen molar-refractivity contribution in [3.05, 3.63) is 36.7 Å². The summed E-state index contributed by atoms with van der Waals surface area (Å²) < 4.78 is 42.3. The van der Waals surface area contributed by atoms with E-state index in [-0.39, 0.29) is 17.0 Å². The van der Waals surface area contributed by atoms with Crippen LogP contribution in [0.1, 0.15) is 19.3 Å². The van der Waals surface area contributed by atoms with Gasteiger partial charge in [-0.3, -0.25) is 4.90 Å². The van der Waals surface area contributed by atoms with Crippen molar-refractivity contribution in [1.29, 1.82) is 0 Å². The lowest BCUT2D eigenvalue weighted by molar-refractivity contribution is -0.0581. The Balaban J connectivity index is 1.34. The summed E-state index contributed by atoms with van der Waals surface area (Å²) in [4.78, 5) is 2.52. The maximum Gasteiger partial charge on any atom is 0.244 e. The number of aromatic nitrogens is 2. The second kappa shape index (κ2) is 7.39. The highest BCUT2D eigenvalue weighted by Crippen LogP contribution is 2.38. The molecule has 3 aliphatic rings. The van der Waals surface area contributed by atoms with Gasteiger partial charge in [0.2, 0.25) is 10.0 Å². The molecule has 0 amide bonds. The fraction of sp³-hybridized carbons (Fsp3) is 0.550. The Morgan fingerprint density at radius 2 is 2.14 bits per heavy atom. The van der Waals surface area contributed by atoms with Crippen molar-refractivity contribution in [2.75, 3.05) is 26.8 Å². The summed E-state index contributed by atoms with van der Waals surface area (Å²) >= 11 is 0. The number of hydrogen-bond acceptors (Lipinski definition) is 6. The molecule has 3 heterocycles. The van der Waals surface area contributed by atoms with Crippen molar-refractivity contribution in [2.45, 2.75) is 42.3 Å². The average Bonchev–Trinajstić information content (AvgIpc) is 3.27. The Morgan fingerprint density at radius 1 is 1.28 bits per heavy atom. The van der Waals surface area contributed by atoms with Gasteiger partial charge in [-0.1, -0.05) is 0 Å². The summed E-state index contributed by atoms with van der Waals surface area (Å²) in [5, 5.41) is 4.18. The number of morpholine rings is 1. The van der Waals surface area contributed by atoms with Gasteiger partial charge in [0, 0.05) is 37.6 Å². The number of ether oxygens (including phenoxy) is 2. The van der Waals surface area contributed by atoms with Crippen molar-refractivity contribution in [3.8, 4) is 11.4 Å². The van der Waals surface area contributed by atoms with Gasteiger partial charge >= 0.3 is 0 Å². The minimum Gasteiger partial charge on any atom is -0.495 e. The van der Waals surface area contributed by atoms with Gasteiger partial charge in [0.05, 0.1) is 25.5 Å². The Bertz CT molecular complexity index is 974. The van der Waals surface area contributed by atoms with Crippen molar-refractivity contribution < 1.29 is 17.9 Å². The van der Waals surface area contributed by atoms with Gasteiger partial charge in [0.15, 0.2) is 0 Å². The van der Waals surface area contributed by atoms with Crippen molar-refractivity contribution in [3.63, 3.8) is 0 Å². The minimum absolute atomic E-state index is 0.130. The van der Waals surface area contributed by atoms with Gasteiger partial charge in [-0.2, -0.15) is 5.10 Å². The fourth-order valence-electron chi connectivity index (χ4n) is 4.46. The summed E-state index contributed by atoms with van der Waals surface area (Å²) in [6.45, 7) is 2.32. The van der Waals surface area contributed by atoms with Crippen molar-refractivity contribution in [2.24, 2.45) is 5.92 Å². The molecule has 29 heavy (non-hydrogen) atoms. The van der Waals surface area contributed by atoms with E-state index in [4.69, 9.17) is 9.47 Å². The molecule has 1 aliphatic carbocycles. The van der Waals surface area contributed by atoms with Gasteiger partial charge in [0.1, 0.15) is 10.6 Å². The molecule has 1 N–H and O–H groups in total. The molecule has 1 saturated carbocycles. The summed E-state index contributed by atoms with van der Waals surface area (Å²) in [6.07, 6.45) is 7.02. The molecule has 8 nitrogen and oxygen atoms in total. The molecule has 5 rings (SSSR count). The number of sulfonamides is 1. The van der Waals surface area contributed by atoms with Gasteiger partial charge in [0.25, 0.3) is 0 Å². The predicted octanol–water partition coefficient (Wildman–Crippen LogP) is 1.41. The van der Waals surface area contributed by atoms with Crippen molar-refractivity contribution in [1.82, 2.24) is 19.4 Å². The van der Waals surface area contributed by atoms with E-state index in [9.17, 15) is 8.42 Å². The van der Waals surface area contributed by atoms with Gasteiger partial charge in [-0.15, -0.1) is 0 Å². The lowest BCUT2D eigenvalue weighted by atomic mass is 10.1. The topological polar surface area (TPSA) is 85.7 Å². The third-order valence-corrected chi connectivity index (χ3v) is 7.66. The molecular formula is C20H26N4O4S. The molecule has 0 unspecified atom stereocenters. The first-order valence-corrected chi connectivity index (χ1v) is 11.6. The lowest BCUT2D eigenvalue weighted by Crippen LogP contribution is -2.47. The van der Waals surface area contributed by atoms with E-state index in [1.54, 1.807) is 41.3 Å². The zero-order valence-corrected chi connectivity index (χ0v) is 17.2. The first-order valence-electron chi connectivity index (χ1n) is 10.1. The molecule has 3 atom stereocenters. The Kier molecular flexibility index (Phi) is 4.85. The molecule has 0 spiro atoms. The number of nitrogens with one attached hydrogen (secondary N) is 1. The molecule has 3 fully saturated rings. The predicted molar refractivity (Wildman–Crippen MR) is 107 cm³/mol. The van der Waals surface area contributed by atoms with Crippen LogP contribution >= 0.6 is 0 Å². The number of methoxy groups -OCH3 is 1. The van der Waals surface area contributed by atoms with Gasteiger partial charge in [-0.05, 0) is 49.4 Å². The van der Waals surface area contributed by atoms with E-state index in [1.807, 2.05) is 0 Å². The molecule has 0 bridgehead atoms. The number of benzene rings is 1. The number of rotatable bonds is 6. The first-order chi connectivity index (χ1) is 14.0. The highest BCUT2D eigenvalue weighted by atomic mass is 32.2. The van der Waals surface area contributed by atoms with Crippen LogP contribution in [0.3, 0.4) is 0 Å². The third kappa shape index (κ3) is 3.79. The first kappa shape index (κ1) is 19.0. The molecule has 1 aromatic heterocycles. The van der Waals surface area contributed by atoms with Crippen LogP contribution in [0.4, 0.5) is 0 Å². The van der Waals surface area contributed by atoms with E-state index in [0.717, 1.165) is 19.5 Å². The van der Waals surface area contributed by atoms with Crippen LogP contribution in [0.5, 0.6) is 5.75 Å². The largest absolute Gasteiger partial charge is 0.495 e. The smallest absolute Gasteiger partial charge is 0.244 e.